The van der Waals surface area contributed by atoms with Crippen molar-refractivity contribution in [2.75, 3.05) is 5.32 Å². The fourth-order valence-corrected chi connectivity index (χ4v) is 3.13. The van der Waals surface area contributed by atoms with Crippen LogP contribution >= 0.6 is 0 Å². The molecule has 5 nitrogen and oxygen atoms in total. The van der Waals surface area contributed by atoms with Gasteiger partial charge in [-0.25, -0.2) is 0 Å². The molecule has 0 saturated heterocycles. The second-order valence-electron chi connectivity index (χ2n) is 5.96. The first kappa shape index (κ1) is 15.2. The largest absolute Gasteiger partial charge is 0.325 e. The second kappa shape index (κ2) is 5.83. The van der Waals surface area contributed by atoms with Crippen LogP contribution in [0.25, 0.3) is 0 Å². The summed E-state index contributed by atoms with van der Waals surface area (Å²) < 4.78 is 0. The number of carbonyl (C=O) groups excluding carboxylic acids is 1. The minimum absolute atomic E-state index is 0.0187. The first-order valence-corrected chi connectivity index (χ1v) is 7.65. The molecular weight excluding hydrogens is 292 g/mol. The van der Waals surface area contributed by atoms with E-state index in [0.29, 0.717) is 11.3 Å². The average Bonchev–Trinajstić information content (AvgIpc) is 2.49. The summed E-state index contributed by atoms with van der Waals surface area (Å²) in [6, 6.07) is 14.5. The van der Waals surface area contributed by atoms with Crippen LogP contribution in [0.2, 0.25) is 0 Å². The van der Waals surface area contributed by atoms with E-state index in [2.05, 4.69) is 5.32 Å². The number of benzene rings is 2. The van der Waals surface area contributed by atoms with Crippen LogP contribution in [0.1, 0.15) is 30.4 Å². The van der Waals surface area contributed by atoms with Crippen molar-refractivity contribution in [1.29, 1.82) is 0 Å². The van der Waals surface area contributed by atoms with Gasteiger partial charge in [-0.15, -0.1) is 0 Å². The molecule has 1 amide bonds. The third-order valence-corrected chi connectivity index (χ3v) is 4.72. The molecule has 1 fully saturated rings. The number of carbonyl (C=O) groups is 1. The van der Waals surface area contributed by atoms with Crippen LogP contribution in [0.4, 0.5) is 11.4 Å². The number of nitrogens with zero attached hydrogens (tertiary/aromatic N) is 1. The quantitative estimate of drug-likeness (QED) is 0.686. The highest BCUT2D eigenvalue weighted by atomic mass is 16.6. The van der Waals surface area contributed by atoms with E-state index in [1.807, 2.05) is 30.3 Å². The Kier molecular flexibility index (Phi) is 3.86. The van der Waals surface area contributed by atoms with Crippen molar-refractivity contribution in [1.82, 2.24) is 0 Å². The predicted molar refractivity (Wildman–Crippen MR) is 88.4 cm³/mol. The molecule has 1 N–H and O–H groups in total. The van der Waals surface area contributed by atoms with E-state index in [-0.39, 0.29) is 11.6 Å². The summed E-state index contributed by atoms with van der Waals surface area (Å²) in [4.78, 5) is 23.5. The maximum atomic E-state index is 12.9. The molecule has 0 unspecified atom stereocenters. The molecule has 0 aliphatic heterocycles. The maximum absolute atomic E-state index is 12.9. The zero-order valence-corrected chi connectivity index (χ0v) is 12.9. The Hall–Kier alpha value is -2.69. The van der Waals surface area contributed by atoms with E-state index >= 15 is 0 Å². The SMILES string of the molecule is Cc1c(NC(=O)C2(c3ccccc3)CCC2)cccc1[N+](=O)[O-]. The monoisotopic (exact) mass is 310 g/mol. The third-order valence-electron chi connectivity index (χ3n) is 4.72. The molecule has 1 saturated carbocycles. The lowest BCUT2D eigenvalue weighted by Gasteiger charge is -2.40. The number of nitrogens with one attached hydrogen (secondary N) is 1. The Morgan fingerprint density at radius 2 is 1.83 bits per heavy atom. The van der Waals surface area contributed by atoms with Gasteiger partial charge in [0.15, 0.2) is 0 Å². The molecular formula is C18H18N2O3. The molecule has 0 bridgehead atoms. The van der Waals surface area contributed by atoms with Crippen LogP contribution in [0.3, 0.4) is 0 Å². The van der Waals surface area contributed by atoms with Crippen LogP contribution in [-0.4, -0.2) is 10.8 Å². The van der Waals surface area contributed by atoms with Gasteiger partial charge in [0.05, 0.1) is 21.6 Å². The van der Waals surface area contributed by atoms with Crippen molar-refractivity contribution in [2.45, 2.75) is 31.6 Å². The number of anilines is 1. The molecule has 23 heavy (non-hydrogen) atoms. The van der Waals surface area contributed by atoms with Gasteiger partial charge in [0.2, 0.25) is 5.91 Å². The minimum atomic E-state index is -0.516. The number of hydrogen-bond donors (Lipinski definition) is 1. The Morgan fingerprint density at radius 3 is 2.39 bits per heavy atom. The highest BCUT2D eigenvalue weighted by molar-refractivity contribution is 6.00. The molecule has 0 atom stereocenters. The lowest BCUT2D eigenvalue weighted by atomic mass is 9.64. The van der Waals surface area contributed by atoms with Crippen molar-refractivity contribution in [3.05, 3.63) is 69.8 Å². The lowest BCUT2D eigenvalue weighted by Crippen LogP contribution is -2.46. The zero-order chi connectivity index (χ0) is 16.4. The van der Waals surface area contributed by atoms with Crippen LogP contribution in [0.15, 0.2) is 48.5 Å². The molecule has 1 aliphatic carbocycles. The Balaban J connectivity index is 1.90. The molecule has 5 heteroatoms. The third kappa shape index (κ3) is 2.59. The highest BCUT2D eigenvalue weighted by Gasteiger charge is 2.45. The van der Waals surface area contributed by atoms with Gasteiger partial charge in [-0.3, -0.25) is 14.9 Å². The average molecular weight is 310 g/mol. The van der Waals surface area contributed by atoms with Crippen LogP contribution < -0.4 is 5.32 Å². The van der Waals surface area contributed by atoms with Gasteiger partial charge in [-0.1, -0.05) is 42.8 Å². The van der Waals surface area contributed by atoms with Gasteiger partial charge in [-0.05, 0) is 31.4 Å². The van der Waals surface area contributed by atoms with Crippen molar-refractivity contribution in [3.63, 3.8) is 0 Å². The number of nitro benzene ring substituents is 1. The number of hydrogen-bond acceptors (Lipinski definition) is 3. The van der Waals surface area contributed by atoms with Gasteiger partial charge in [0, 0.05) is 6.07 Å². The second-order valence-corrected chi connectivity index (χ2v) is 5.96. The van der Waals surface area contributed by atoms with Gasteiger partial charge in [0.25, 0.3) is 5.69 Å². The molecule has 1 aliphatic rings. The van der Waals surface area contributed by atoms with Crippen molar-refractivity contribution < 1.29 is 9.72 Å². The first-order valence-electron chi connectivity index (χ1n) is 7.65. The summed E-state index contributed by atoms with van der Waals surface area (Å²) in [6.07, 6.45) is 2.61. The van der Waals surface area contributed by atoms with Gasteiger partial charge in [-0.2, -0.15) is 0 Å². The summed E-state index contributed by atoms with van der Waals surface area (Å²) >= 11 is 0. The predicted octanol–water partition coefficient (Wildman–Crippen LogP) is 3.96. The normalized spacial score (nSPS) is 15.5. The topological polar surface area (TPSA) is 72.2 Å². The Bertz CT molecular complexity index is 752. The molecule has 0 radical (unpaired) electrons. The summed E-state index contributed by atoms with van der Waals surface area (Å²) in [5.74, 6) is -0.0847. The van der Waals surface area contributed by atoms with Crippen LogP contribution in [-0.2, 0) is 10.2 Å². The fraction of sp³-hybridized carbons (Fsp3) is 0.278. The highest BCUT2D eigenvalue weighted by Crippen LogP contribution is 2.44. The van der Waals surface area contributed by atoms with E-state index in [0.717, 1.165) is 24.8 Å². The molecule has 2 aromatic carbocycles. The van der Waals surface area contributed by atoms with E-state index in [1.54, 1.807) is 19.1 Å². The van der Waals surface area contributed by atoms with Crippen LogP contribution in [0, 0.1) is 17.0 Å². The summed E-state index contributed by atoms with van der Waals surface area (Å²) in [5, 5.41) is 13.9. The number of nitro groups is 1. The molecule has 3 rings (SSSR count). The standard InChI is InChI=1S/C18H18N2O3/c1-13-15(9-5-10-16(13)20(22)23)19-17(21)18(11-6-12-18)14-7-3-2-4-8-14/h2-5,7-10H,6,11-12H2,1H3,(H,19,21). The van der Waals surface area contributed by atoms with Gasteiger partial charge in [0.1, 0.15) is 0 Å². The molecule has 0 aromatic heterocycles. The summed E-state index contributed by atoms with van der Waals surface area (Å²) in [6.45, 7) is 1.66. The van der Waals surface area contributed by atoms with Crippen molar-refractivity contribution >= 4 is 17.3 Å². The Morgan fingerprint density at radius 1 is 1.13 bits per heavy atom. The van der Waals surface area contributed by atoms with Crippen molar-refractivity contribution in [2.24, 2.45) is 0 Å². The number of rotatable bonds is 4. The van der Waals surface area contributed by atoms with E-state index in [1.165, 1.54) is 6.07 Å². The van der Waals surface area contributed by atoms with E-state index in [4.69, 9.17) is 0 Å². The van der Waals surface area contributed by atoms with Crippen LogP contribution in [0.5, 0.6) is 0 Å². The zero-order valence-electron chi connectivity index (χ0n) is 12.9. The lowest BCUT2D eigenvalue weighted by molar-refractivity contribution is -0.385. The molecule has 0 spiro atoms. The summed E-state index contributed by atoms with van der Waals surface area (Å²) in [7, 11) is 0. The van der Waals surface area contributed by atoms with E-state index in [9.17, 15) is 14.9 Å². The van der Waals surface area contributed by atoms with Gasteiger partial charge < -0.3 is 5.32 Å². The summed E-state index contributed by atoms with van der Waals surface area (Å²) in [5.41, 5.74) is 1.50. The molecule has 0 heterocycles. The molecule has 118 valence electrons. The van der Waals surface area contributed by atoms with Crippen molar-refractivity contribution in [3.8, 4) is 0 Å². The molecule has 2 aromatic rings. The first-order chi connectivity index (χ1) is 11.0. The minimum Gasteiger partial charge on any atom is -0.325 e. The number of amides is 1. The van der Waals surface area contributed by atoms with Gasteiger partial charge >= 0.3 is 0 Å². The van der Waals surface area contributed by atoms with E-state index < -0.39 is 10.3 Å². The Labute approximate surface area is 134 Å². The fourth-order valence-electron chi connectivity index (χ4n) is 3.13. The maximum Gasteiger partial charge on any atom is 0.274 e. The smallest absolute Gasteiger partial charge is 0.274 e.